The van der Waals surface area contributed by atoms with Gasteiger partial charge in [0.25, 0.3) is 0 Å². The number of hydrogen-bond donors (Lipinski definition) is 2. The number of nitrogens with zero attached hydrogens (tertiary/aromatic N) is 1. The SMILES string of the molecule is C[C@@H](NC(=O)OC(C)(C)C)c1cccc(-c2cc(COc3ccccc3CC(=O)O)cc(N(C)C[C@H]3CCCO3)c2)c1F. The molecule has 1 aliphatic rings. The van der Waals surface area contributed by atoms with E-state index in [-0.39, 0.29) is 19.1 Å². The van der Waals surface area contributed by atoms with Gasteiger partial charge in [-0.05, 0) is 75.9 Å². The second-order valence-electron chi connectivity index (χ2n) is 11.9. The molecule has 0 aliphatic carbocycles. The van der Waals surface area contributed by atoms with E-state index >= 15 is 4.39 Å². The molecule has 1 fully saturated rings. The summed E-state index contributed by atoms with van der Waals surface area (Å²) in [6.45, 7) is 8.62. The quantitative estimate of drug-likeness (QED) is 0.250. The van der Waals surface area contributed by atoms with E-state index in [2.05, 4.69) is 10.2 Å². The molecule has 0 unspecified atom stereocenters. The number of rotatable bonds is 11. The summed E-state index contributed by atoms with van der Waals surface area (Å²) < 4.78 is 33.4. The molecule has 1 aliphatic heterocycles. The highest BCUT2D eigenvalue weighted by atomic mass is 19.1. The zero-order valence-corrected chi connectivity index (χ0v) is 25.5. The molecule has 0 saturated carbocycles. The van der Waals surface area contributed by atoms with Gasteiger partial charge < -0.3 is 29.5 Å². The van der Waals surface area contributed by atoms with E-state index in [4.69, 9.17) is 14.2 Å². The Morgan fingerprint density at radius 1 is 1.14 bits per heavy atom. The van der Waals surface area contributed by atoms with Gasteiger partial charge in [0.1, 0.15) is 23.8 Å². The van der Waals surface area contributed by atoms with E-state index < -0.39 is 29.5 Å². The van der Waals surface area contributed by atoms with Gasteiger partial charge >= 0.3 is 12.1 Å². The van der Waals surface area contributed by atoms with Gasteiger partial charge in [-0.25, -0.2) is 9.18 Å². The van der Waals surface area contributed by atoms with Crippen LogP contribution in [-0.2, 0) is 27.3 Å². The molecule has 0 spiro atoms. The van der Waals surface area contributed by atoms with E-state index in [1.54, 1.807) is 70.2 Å². The molecule has 4 rings (SSSR count). The molecular weight excluding hydrogens is 551 g/mol. The van der Waals surface area contributed by atoms with E-state index in [1.165, 1.54) is 0 Å². The molecule has 43 heavy (non-hydrogen) atoms. The average Bonchev–Trinajstić information content (AvgIpc) is 3.44. The van der Waals surface area contributed by atoms with Crippen molar-refractivity contribution in [2.45, 2.75) is 71.3 Å². The summed E-state index contributed by atoms with van der Waals surface area (Å²) in [5.41, 5.74) is 2.94. The summed E-state index contributed by atoms with van der Waals surface area (Å²) in [6, 6.07) is 17.3. The fourth-order valence-electron chi connectivity index (χ4n) is 5.12. The average molecular weight is 593 g/mol. The minimum Gasteiger partial charge on any atom is -0.489 e. The van der Waals surface area contributed by atoms with Crippen LogP contribution < -0.4 is 15.0 Å². The Morgan fingerprint density at radius 3 is 2.60 bits per heavy atom. The minimum absolute atomic E-state index is 0.121. The lowest BCUT2D eigenvalue weighted by atomic mass is 9.97. The Kier molecular flexibility index (Phi) is 10.3. The number of hydrogen-bond acceptors (Lipinski definition) is 6. The second kappa shape index (κ2) is 13.9. The van der Waals surface area contributed by atoms with Crippen LogP contribution in [0.25, 0.3) is 11.1 Å². The maximum Gasteiger partial charge on any atom is 0.408 e. The molecule has 2 atom stereocenters. The van der Waals surface area contributed by atoms with Gasteiger partial charge in [0.2, 0.25) is 0 Å². The summed E-state index contributed by atoms with van der Waals surface area (Å²) in [7, 11) is 1.98. The van der Waals surface area contributed by atoms with Gasteiger partial charge in [-0.15, -0.1) is 0 Å². The molecule has 9 heteroatoms. The normalized spacial score (nSPS) is 15.5. The van der Waals surface area contributed by atoms with Gasteiger partial charge in [-0.1, -0.05) is 36.4 Å². The predicted octanol–water partition coefficient (Wildman–Crippen LogP) is 6.90. The number of carbonyl (C=O) groups is 2. The summed E-state index contributed by atoms with van der Waals surface area (Å²) >= 11 is 0. The second-order valence-corrected chi connectivity index (χ2v) is 11.9. The Labute approximate surface area is 252 Å². The molecule has 0 bridgehead atoms. The van der Waals surface area contributed by atoms with Crippen molar-refractivity contribution in [1.29, 1.82) is 0 Å². The Hall–Kier alpha value is -4.11. The lowest BCUT2D eigenvalue weighted by molar-refractivity contribution is -0.136. The highest BCUT2D eigenvalue weighted by Gasteiger charge is 2.23. The first kappa shape index (κ1) is 31.8. The highest BCUT2D eigenvalue weighted by Crippen LogP contribution is 2.33. The molecule has 1 saturated heterocycles. The molecule has 3 aromatic carbocycles. The Bertz CT molecular complexity index is 1430. The van der Waals surface area contributed by atoms with Crippen LogP contribution in [0.1, 0.15) is 63.3 Å². The summed E-state index contributed by atoms with van der Waals surface area (Å²) in [6.07, 6.45) is 1.36. The van der Waals surface area contributed by atoms with Crippen molar-refractivity contribution >= 4 is 17.7 Å². The monoisotopic (exact) mass is 592 g/mol. The van der Waals surface area contributed by atoms with Gasteiger partial charge in [0, 0.05) is 42.6 Å². The number of carbonyl (C=O) groups excluding carboxylic acids is 1. The molecular formula is C34H41FN2O6. The van der Waals surface area contributed by atoms with Crippen LogP contribution in [0.3, 0.4) is 0 Å². The number of amides is 1. The Morgan fingerprint density at radius 2 is 1.91 bits per heavy atom. The van der Waals surface area contributed by atoms with Crippen molar-refractivity contribution in [3.8, 4) is 16.9 Å². The molecule has 8 nitrogen and oxygen atoms in total. The molecule has 1 amide bonds. The number of nitrogens with one attached hydrogen (secondary N) is 1. The number of likely N-dealkylation sites (N-methyl/N-ethyl adjacent to an activating group) is 1. The first-order valence-corrected chi connectivity index (χ1v) is 14.6. The topological polar surface area (TPSA) is 97.3 Å². The largest absolute Gasteiger partial charge is 0.489 e. The molecule has 2 N–H and O–H groups in total. The smallest absolute Gasteiger partial charge is 0.408 e. The van der Waals surface area contributed by atoms with Crippen LogP contribution in [0, 0.1) is 5.82 Å². The number of para-hydroxylation sites is 1. The van der Waals surface area contributed by atoms with Crippen LogP contribution in [0.15, 0.2) is 60.7 Å². The first-order chi connectivity index (χ1) is 20.4. The summed E-state index contributed by atoms with van der Waals surface area (Å²) in [4.78, 5) is 25.8. The molecule has 1 heterocycles. The number of alkyl carbamates (subject to hydrolysis) is 1. The van der Waals surface area contributed by atoms with Crippen molar-refractivity contribution in [1.82, 2.24) is 5.32 Å². The summed E-state index contributed by atoms with van der Waals surface area (Å²) in [5, 5.41) is 12.0. The number of anilines is 1. The summed E-state index contributed by atoms with van der Waals surface area (Å²) in [5.74, 6) is -0.898. The van der Waals surface area contributed by atoms with E-state index in [0.29, 0.717) is 34.5 Å². The van der Waals surface area contributed by atoms with Crippen LogP contribution in [0.5, 0.6) is 5.75 Å². The molecule has 230 valence electrons. The van der Waals surface area contributed by atoms with Crippen LogP contribution in [-0.4, -0.2) is 49.1 Å². The maximum atomic E-state index is 16.1. The number of halogens is 1. The van der Waals surface area contributed by atoms with E-state index in [1.807, 2.05) is 25.2 Å². The van der Waals surface area contributed by atoms with Crippen molar-refractivity contribution in [2.75, 3.05) is 25.1 Å². The third kappa shape index (κ3) is 8.94. The van der Waals surface area contributed by atoms with Crippen molar-refractivity contribution in [3.05, 3.63) is 83.2 Å². The third-order valence-corrected chi connectivity index (χ3v) is 7.17. The van der Waals surface area contributed by atoms with Gasteiger partial charge in [0.15, 0.2) is 0 Å². The zero-order valence-electron chi connectivity index (χ0n) is 25.5. The Balaban J connectivity index is 1.65. The third-order valence-electron chi connectivity index (χ3n) is 7.17. The molecule has 0 radical (unpaired) electrons. The highest BCUT2D eigenvalue weighted by molar-refractivity contribution is 5.73. The predicted molar refractivity (Wildman–Crippen MR) is 164 cm³/mol. The maximum absolute atomic E-state index is 16.1. The number of aliphatic carboxylic acids is 1. The molecule has 3 aromatic rings. The number of ether oxygens (including phenoxy) is 3. The standard InChI is InChI=1S/C34H41FN2O6/c1-22(36-33(40)43-34(2,3)4)28-12-8-13-29(32(28)35)25-16-23(17-26(18-25)37(5)20-27-11-9-15-41-27)21-42-30-14-7-6-10-24(30)19-31(38)39/h6-8,10,12-14,16-18,22,27H,9,11,15,19-21H2,1-5H3,(H,36,40)(H,38,39)/t22-,27-/m1/s1. The van der Waals surface area contributed by atoms with Crippen molar-refractivity contribution in [3.63, 3.8) is 0 Å². The zero-order chi connectivity index (χ0) is 31.1. The van der Waals surface area contributed by atoms with Gasteiger partial charge in [-0.3, -0.25) is 4.79 Å². The van der Waals surface area contributed by atoms with Crippen LogP contribution >= 0.6 is 0 Å². The van der Waals surface area contributed by atoms with Crippen molar-refractivity contribution in [2.24, 2.45) is 0 Å². The fourth-order valence-corrected chi connectivity index (χ4v) is 5.12. The first-order valence-electron chi connectivity index (χ1n) is 14.6. The van der Waals surface area contributed by atoms with Gasteiger partial charge in [0.05, 0.1) is 18.6 Å². The van der Waals surface area contributed by atoms with Crippen LogP contribution in [0.4, 0.5) is 14.9 Å². The van der Waals surface area contributed by atoms with Crippen molar-refractivity contribution < 1.29 is 33.3 Å². The number of carboxylic acid groups (broad SMARTS) is 1. The van der Waals surface area contributed by atoms with Gasteiger partial charge in [-0.2, -0.15) is 0 Å². The van der Waals surface area contributed by atoms with Crippen LogP contribution in [0.2, 0.25) is 0 Å². The van der Waals surface area contributed by atoms with E-state index in [9.17, 15) is 14.7 Å². The number of benzene rings is 3. The van der Waals surface area contributed by atoms with E-state index in [0.717, 1.165) is 30.7 Å². The molecule has 0 aromatic heterocycles. The number of carboxylic acids is 1. The lowest BCUT2D eigenvalue weighted by Crippen LogP contribution is -2.34. The lowest BCUT2D eigenvalue weighted by Gasteiger charge is -2.25. The minimum atomic E-state index is -0.943. The fraction of sp³-hybridized carbons (Fsp3) is 0.412.